The summed E-state index contributed by atoms with van der Waals surface area (Å²) in [5, 5.41) is 3.81. The summed E-state index contributed by atoms with van der Waals surface area (Å²) in [6.45, 7) is 9.55. The molecule has 3 rings (SSSR count). The number of halogens is 2. The quantitative estimate of drug-likeness (QED) is 0.536. The summed E-state index contributed by atoms with van der Waals surface area (Å²) in [5.41, 5.74) is 2.32. The summed E-state index contributed by atoms with van der Waals surface area (Å²) >= 11 is 2.34. The second-order valence-corrected chi connectivity index (χ2v) is 10.0. The van der Waals surface area contributed by atoms with Crippen LogP contribution in [0.4, 0.5) is 4.79 Å². The molecule has 2 unspecified atom stereocenters. The molecule has 156 valence electrons. The first-order valence-corrected chi connectivity index (χ1v) is 11.0. The molecule has 1 N–H and O–H groups in total. The molecule has 0 bridgehead atoms. The van der Waals surface area contributed by atoms with E-state index < -0.39 is 5.60 Å². The molecule has 1 aromatic rings. The van der Waals surface area contributed by atoms with Gasteiger partial charge in [0.1, 0.15) is 5.60 Å². The van der Waals surface area contributed by atoms with Crippen molar-refractivity contribution in [1.82, 2.24) is 10.2 Å². The van der Waals surface area contributed by atoms with Crippen LogP contribution in [0, 0.1) is 9.49 Å². The monoisotopic (exact) mass is 518 g/mol. The summed E-state index contributed by atoms with van der Waals surface area (Å²) in [6, 6.07) is 9.76. The highest BCUT2D eigenvalue weighted by Gasteiger charge is 2.40. The van der Waals surface area contributed by atoms with Gasteiger partial charge in [0.2, 0.25) is 0 Å². The lowest BCUT2D eigenvalue weighted by atomic mass is 10.0. The Balaban J connectivity index is 0.00000280. The van der Waals surface area contributed by atoms with Crippen molar-refractivity contribution in [3.63, 3.8) is 0 Å². The van der Waals surface area contributed by atoms with Crippen LogP contribution >= 0.6 is 35.0 Å². The fourth-order valence-corrected chi connectivity index (χ4v) is 4.03. The van der Waals surface area contributed by atoms with Crippen molar-refractivity contribution < 1.29 is 9.53 Å². The molecule has 6 heteroatoms. The molecule has 2 aliphatic rings. The van der Waals surface area contributed by atoms with Crippen molar-refractivity contribution in [3.05, 3.63) is 39.0 Å². The van der Waals surface area contributed by atoms with Crippen LogP contribution in [-0.4, -0.2) is 41.8 Å². The first kappa shape index (κ1) is 23.5. The summed E-state index contributed by atoms with van der Waals surface area (Å²) in [6.07, 6.45) is 5.36. The van der Waals surface area contributed by atoms with Crippen LogP contribution < -0.4 is 5.32 Å². The number of nitrogens with one attached hydrogen (secondary N) is 1. The molecule has 28 heavy (non-hydrogen) atoms. The van der Waals surface area contributed by atoms with Gasteiger partial charge >= 0.3 is 6.09 Å². The Hall–Kier alpha value is -0.790. The number of hydrogen-bond acceptors (Lipinski definition) is 3. The van der Waals surface area contributed by atoms with Crippen LogP contribution in [0.25, 0.3) is 6.08 Å². The Morgan fingerprint density at radius 1 is 1.21 bits per heavy atom. The predicted octanol–water partition coefficient (Wildman–Crippen LogP) is 5.49. The van der Waals surface area contributed by atoms with E-state index in [-0.39, 0.29) is 18.5 Å². The lowest BCUT2D eigenvalue weighted by Crippen LogP contribution is -2.47. The van der Waals surface area contributed by atoms with Gasteiger partial charge in [0, 0.05) is 28.7 Å². The molecule has 0 spiro atoms. The molecular formula is C22H32ClIN2O2. The van der Waals surface area contributed by atoms with E-state index in [1.165, 1.54) is 21.1 Å². The highest BCUT2D eigenvalue weighted by Crippen LogP contribution is 2.38. The van der Waals surface area contributed by atoms with Crippen LogP contribution in [0.2, 0.25) is 0 Å². The number of likely N-dealkylation sites (tertiary alicyclic amines) is 1. The van der Waals surface area contributed by atoms with Crippen molar-refractivity contribution in [2.24, 2.45) is 5.92 Å². The van der Waals surface area contributed by atoms with Crippen LogP contribution in [0.15, 0.2) is 29.8 Å². The lowest BCUT2D eigenvalue weighted by molar-refractivity contribution is 0.0198. The molecule has 0 radical (unpaired) electrons. The zero-order chi connectivity index (χ0) is 19.6. The number of piperidine rings is 1. The molecule has 1 amide bonds. The molecule has 0 aromatic heterocycles. The maximum atomic E-state index is 12.2. The summed E-state index contributed by atoms with van der Waals surface area (Å²) in [4.78, 5) is 14.0. The maximum Gasteiger partial charge on any atom is 0.410 e. The van der Waals surface area contributed by atoms with Crippen LogP contribution in [0.3, 0.4) is 0 Å². The van der Waals surface area contributed by atoms with Gasteiger partial charge in [0.05, 0.1) is 0 Å². The van der Waals surface area contributed by atoms with Crippen LogP contribution in [0.1, 0.15) is 52.5 Å². The zero-order valence-corrected chi connectivity index (χ0v) is 20.2. The van der Waals surface area contributed by atoms with Gasteiger partial charge in [-0.25, -0.2) is 4.79 Å². The molecule has 1 heterocycles. The lowest BCUT2D eigenvalue weighted by Gasteiger charge is -2.34. The van der Waals surface area contributed by atoms with Crippen molar-refractivity contribution in [2.45, 2.75) is 64.6 Å². The average molecular weight is 519 g/mol. The number of carbonyl (C=O) groups excluding carboxylic acids is 1. The fraction of sp³-hybridized carbons (Fsp3) is 0.591. The number of nitrogens with zero attached hydrogens (tertiary/aromatic N) is 1. The van der Waals surface area contributed by atoms with Gasteiger partial charge in [-0.15, -0.1) is 12.4 Å². The normalized spacial score (nSPS) is 23.2. The number of hydrogen-bond donors (Lipinski definition) is 1. The van der Waals surface area contributed by atoms with E-state index >= 15 is 0 Å². The largest absolute Gasteiger partial charge is 0.444 e. The van der Waals surface area contributed by atoms with Gasteiger partial charge in [-0.2, -0.15) is 0 Å². The second kappa shape index (κ2) is 9.81. The predicted molar refractivity (Wildman–Crippen MR) is 126 cm³/mol. The van der Waals surface area contributed by atoms with E-state index in [1.54, 1.807) is 0 Å². The molecule has 4 nitrogen and oxygen atoms in total. The number of rotatable bonds is 4. The van der Waals surface area contributed by atoms with Gasteiger partial charge in [-0.1, -0.05) is 23.8 Å². The summed E-state index contributed by atoms with van der Waals surface area (Å²) in [5.74, 6) is 0.646. The molecule has 2 fully saturated rings. The molecule has 1 saturated heterocycles. The minimum absolute atomic E-state index is 0. The van der Waals surface area contributed by atoms with Crippen LogP contribution in [0.5, 0.6) is 0 Å². The smallest absolute Gasteiger partial charge is 0.410 e. The highest BCUT2D eigenvalue weighted by molar-refractivity contribution is 14.1. The number of ether oxygens (including phenoxy) is 1. The number of carbonyl (C=O) groups is 1. The van der Waals surface area contributed by atoms with E-state index in [0.717, 1.165) is 25.9 Å². The van der Waals surface area contributed by atoms with Crippen molar-refractivity contribution in [1.29, 1.82) is 0 Å². The molecule has 2 atom stereocenters. The first-order valence-electron chi connectivity index (χ1n) is 9.89. The molecule has 1 aliphatic carbocycles. The Morgan fingerprint density at radius 2 is 1.82 bits per heavy atom. The van der Waals surface area contributed by atoms with Gasteiger partial charge in [-0.3, -0.25) is 0 Å². The molecule has 1 aliphatic heterocycles. The van der Waals surface area contributed by atoms with E-state index in [0.29, 0.717) is 18.0 Å². The average Bonchev–Trinajstić information content (AvgIpc) is 3.35. The van der Waals surface area contributed by atoms with Gasteiger partial charge in [0.25, 0.3) is 0 Å². The SMILES string of the molecule is C/C(=C\c1ccc(I)cc1)C1CC1NC1CCN(C(=O)OC(C)(C)C)CC1.Cl. The Morgan fingerprint density at radius 3 is 2.39 bits per heavy atom. The zero-order valence-electron chi connectivity index (χ0n) is 17.2. The minimum Gasteiger partial charge on any atom is -0.444 e. The second-order valence-electron chi connectivity index (χ2n) is 8.80. The Bertz CT molecular complexity index is 691. The van der Waals surface area contributed by atoms with Gasteiger partial charge < -0.3 is 15.0 Å². The summed E-state index contributed by atoms with van der Waals surface area (Å²) in [7, 11) is 0. The highest BCUT2D eigenvalue weighted by atomic mass is 127. The van der Waals surface area contributed by atoms with E-state index in [4.69, 9.17) is 4.74 Å². The summed E-state index contributed by atoms with van der Waals surface area (Å²) < 4.78 is 6.75. The molecule has 1 aromatic carbocycles. The van der Waals surface area contributed by atoms with Gasteiger partial charge in [-0.05, 0) is 93.2 Å². The number of benzene rings is 1. The van der Waals surface area contributed by atoms with Crippen molar-refractivity contribution >= 4 is 47.2 Å². The van der Waals surface area contributed by atoms with Gasteiger partial charge in [0.15, 0.2) is 0 Å². The standard InChI is InChI=1S/C22H31IN2O2.ClH/c1-15(13-16-5-7-17(23)8-6-16)19-14-20(19)24-18-9-11-25(12-10-18)21(26)27-22(2,3)4;/h5-8,13,18-20,24H,9-12,14H2,1-4H3;1H/b15-13+;. The van der Waals surface area contributed by atoms with E-state index in [9.17, 15) is 4.79 Å². The minimum atomic E-state index is -0.422. The topological polar surface area (TPSA) is 41.6 Å². The Labute approximate surface area is 189 Å². The third kappa shape index (κ3) is 6.92. The number of amides is 1. The third-order valence-corrected chi connectivity index (χ3v) is 5.96. The van der Waals surface area contributed by atoms with Crippen molar-refractivity contribution in [3.8, 4) is 0 Å². The van der Waals surface area contributed by atoms with E-state index in [1.807, 2.05) is 25.7 Å². The third-order valence-electron chi connectivity index (χ3n) is 5.24. The molecule has 1 saturated carbocycles. The van der Waals surface area contributed by atoms with Crippen LogP contribution in [-0.2, 0) is 4.74 Å². The van der Waals surface area contributed by atoms with Crippen molar-refractivity contribution in [2.75, 3.05) is 13.1 Å². The first-order chi connectivity index (χ1) is 12.7. The Kier molecular flexibility index (Phi) is 8.23. The maximum absolute atomic E-state index is 12.2. The fourth-order valence-electron chi connectivity index (χ4n) is 3.67. The van der Waals surface area contributed by atoms with E-state index in [2.05, 4.69) is 65.2 Å². The molecular weight excluding hydrogens is 487 g/mol.